The lowest BCUT2D eigenvalue weighted by Gasteiger charge is -2.02. The molecule has 124 valence electrons. The summed E-state index contributed by atoms with van der Waals surface area (Å²) in [6, 6.07) is 11.1. The monoisotopic (exact) mass is 362 g/mol. The Morgan fingerprint density at radius 2 is 2.08 bits per heavy atom. The smallest absolute Gasteiger partial charge is 0.230 e. The minimum atomic E-state index is -0.105. The lowest BCUT2D eigenvalue weighted by atomic mass is 10.2. The molecule has 8 heteroatoms. The Balaban J connectivity index is 1.49. The number of aromatic nitrogens is 3. The fourth-order valence-corrected chi connectivity index (χ4v) is 2.80. The summed E-state index contributed by atoms with van der Waals surface area (Å²) < 4.78 is 5.73. The van der Waals surface area contributed by atoms with E-state index in [1.54, 1.807) is 0 Å². The third-order valence-corrected chi connectivity index (χ3v) is 4.26. The number of carbonyl (C=O) groups excluding carboxylic acids is 1. The van der Waals surface area contributed by atoms with Crippen molar-refractivity contribution in [1.29, 1.82) is 0 Å². The van der Waals surface area contributed by atoms with Crippen molar-refractivity contribution in [2.75, 3.05) is 5.75 Å². The highest BCUT2D eigenvalue weighted by Crippen LogP contribution is 2.23. The summed E-state index contributed by atoms with van der Waals surface area (Å²) in [5.41, 5.74) is 0.938. The van der Waals surface area contributed by atoms with Crippen LogP contribution >= 0.6 is 23.4 Å². The van der Waals surface area contributed by atoms with E-state index in [0.29, 0.717) is 22.5 Å². The summed E-state index contributed by atoms with van der Waals surface area (Å²) in [7, 11) is 0. The van der Waals surface area contributed by atoms with E-state index in [2.05, 4.69) is 20.5 Å². The molecule has 0 fully saturated rings. The van der Waals surface area contributed by atoms with Crippen LogP contribution in [0.25, 0.3) is 11.3 Å². The highest BCUT2D eigenvalue weighted by Gasteiger charge is 2.09. The Labute approximate surface area is 148 Å². The number of furan rings is 1. The maximum atomic E-state index is 11.9. The fourth-order valence-electron chi connectivity index (χ4n) is 2.00. The summed E-state index contributed by atoms with van der Waals surface area (Å²) in [6.07, 6.45) is 0. The van der Waals surface area contributed by atoms with Crippen LogP contribution in [0.5, 0.6) is 0 Å². The molecule has 3 aromatic rings. The average Bonchev–Trinajstić information content (AvgIpc) is 3.21. The first-order chi connectivity index (χ1) is 11.6. The zero-order valence-electron chi connectivity index (χ0n) is 12.9. The van der Waals surface area contributed by atoms with Crippen LogP contribution in [0.15, 0.2) is 46.0 Å². The van der Waals surface area contributed by atoms with Crippen LogP contribution in [0.4, 0.5) is 0 Å². The summed E-state index contributed by atoms with van der Waals surface area (Å²) in [6.45, 7) is 2.15. The van der Waals surface area contributed by atoms with E-state index in [1.165, 1.54) is 11.8 Å². The van der Waals surface area contributed by atoms with Gasteiger partial charge in [-0.2, -0.15) is 0 Å². The third kappa shape index (κ3) is 4.39. The molecule has 0 radical (unpaired) electrons. The van der Waals surface area contributed by atoms with Crippen LogP contribution in [0.1, 0.15) is 11.6 Å². The third-order valence-electron chi connectivity index (χ3n) is 3.16. The molecular formula is C16H15ClN4O2S. The number of aromatic amines is 1. The first-order valence-corrected chi connectivity index (χ1v) is 8.59. The number of halogens is 1. The van der Waals surface area contributed by atoms with E-state index in [1.807, 2.05) is 43.3 Å². The minimum Gasteiger partial charge on any atom is -0.459 e. The Kier molecular flexibility index (Phi) is 5.22. The standard InChI is InChI=1S/C16H15ClN4O2S/c1-10-19-16(21-20-10)24-9-15(22)18-8-13-6-7-14(23-13)11-2-4-12(17)5-3-11/h2-7H,8-9H2,1H3,(H,18,22)(H,19,20,21). The molecule has 24 heavy (non-hydrogen) atoms. The molecule has 2 heterocycles. The number of nitrogens with one attached hydrogen (secondary N) is 2. The average molecular weight is 363 g/mol. The molecule has 0 aliphatic heterocycles. The molecule has 2 N–H and O–H groups in total. The largest absolute Gasteiger partial charge is 0.459 e. The van der Waals surface area contributed by atoms with E-state index >= 15 is 0 Å². The van der Waals surface area contributed by atoms with Crippen LogP contribution in [0.3, 0.4) is 0 Å². The first-order valence-electron chi connectivity index (χ1n) is 7.23. The van der Waals surface area contributed by atoms with E-state index in [0.717, 1.165) is 17.1 Å². The minimum absolute atomic E-state index is 0.105. The summed E-state index contributed by atoms with van der Waals surface area (Å²) >= 11 is 7.15. The number of benzene rings is 1. The van der Waals surface area contributed by atoms with Gasteiger partial charge in [0.2, 0.25) is 11.1 Å². The van der Waals surface area contributed by atoms with Gasteiger partial charge in [-0.3, -0.25) is 9.89 Å². The van der Waals surface area contributed by atoms with Crippen LogP contribution in [0, 0.1) is 6.92 Å². The predicted octanol–water partition coefficient (Wildman–Crippen LogP) is 3.44. The zero-order valence-corrected chi connectivity index (χ0v) is 14.4. The molecule has 0 aliphatic carbocycles. The molecule has 0 unspecified atom stereocenters. The molecule has 0 saturated heterocycles. The van der Waals surface area contributed by atoms with Crippen molar-refractivity contribution < 1.29 is 9.21 Å². The van der Waals surface area contributed by atoms with Crippen molar-refractivity contribution in [1.82, 2.24) is 20.5 Å². The molecule has 0 saturated carbocycles. The highest BCUT2D eigenvalue weighted by molar-refractivity contribution is 7.99. The SMILES string of the molecule is Cc1nc(SCC(=O)NCc2ccc(-c3ccc(Cl)cc3)o2)n[nH]1. The van der Waals surface area contributed by atoms with Gasteiger partial charge >= 0.3 is 0 Å². The van der Waals surface area contributed by atoms with Crippen molar-refractivity contribution in [2.45, 2.75) is 18.6 Å². The van der Waals surface area contributed by atoms with Gasteiger partial charge in [0.15, 0.2) is 0 Å². The van der Waals surface area contributed by atoms with Crippen LogP contribution in [0.2, 0.25) is 5.02 Å². The van der Waals surface area contributed by atoms with Gasteiger partial charge in [0.05, 0.1) is 12.3 Å². The van der Waals surface area contributed by atoms with E-state index in [4.69, 9.17) is 16.0 Å². The predicted molar refractivity (Wildman–Crippen MR) is 92.8 cm³/mol. The molecule has 0 spiro atoms. The second-order valence-corrected chi connectivity index (χ2v) is 6.42. The molecule has 1 amide bonds. The Morgan fingerprint density at radius 3 is 2.79 bits per heavy atom. The van der Waals surface area contributed by atoms with Gasteiger partial charge < -0.3 is 9.73 Å². The maximum Gasteiger partial charge on any atom is 0.230 e. The quantitative estimate of drug-likeness (QED) is 0.656. The zero-order chi connectivity index (χ0) is 16.9. The van der Waals surface area contributed by atoms with E-state index < -0.39 is 0 Å². The number of nitrogens with zero attached hydrogens (tertiary/aromatic N) is 2. The van der Waals surface area contributed by atoms with E-state index in [-0.39, 0.29) is 11.7 Å². The molecule has 0 bridgehead atoms. The maximum absolute atomic E-state index is 11.9. The highest BCUT2D eigenvalue weighted by atomic mass is 35.5. The molecule has 3 rings (SSSR count). The number of rotatable bonds is 6. The van der Waals surface area contributed by atoms with Gasteiger partial charge in [0.1, 0.15) is 17.3 Å². The molecule has 6 nitrogen and oxygen atoms in total. The van der Waals surface area contributed by atoms with Gasteiger partial charge in [-0.15, -0.1) is 5.10 Å². The second kappa shape index (κ2) is 7.55. The van der Waals surface area contributed by atoms with Crippen molar-refractivity contribution in [3.8, 4) is 11.3 Å². The second-order valence-electron chi connectivity index (χ2n) is 5.04. The van der Waals surface area contributed by atoms with Crippen molar-refractivity contribution in [3.63, 3.8) is 0 Å². The molecule has 0 aliphatic rings. The van der Waals surface area contributed by atoms with Crippen LogP contribution < -0.4 is 5.32 Å². The number of thioether (sulfide) groups is 1. The summed E-state index contributed by atoms with van der Waals surface area (Å²) in [4.78, 5) is 16.0. The Bertz CT molecular complexity index is 829. The summed E-state index contributed by atoms with van der Waals surface area (Å²) in [5.74, 6) is 2.30. The summed E-state index contributed by atoms with van der Waals surface area (Å²) in [5, 5.41) is 10.8. The number of H-pyrrole nitrogens is 1. The Hall–Kier alpha value is -2.25. The van der Waals surface area contributed by atoms with Gasteiger partial charge in [0.25, 0.3) is 0 Å². The number of carbonyl (C=O) groups is 1. The number of aryl methyl sites for hydroxylation is 1. The lowest BCUT2D eigenvalue weighted by molar-refractivity contribution is -0.118. The molecule has 1 aromatic carbocycles. The van der Waals surface area contributed by atoms with Gasteiger partial charge in [0, 0.05) is 10.6 Å². The van der Waals surface area contributed by atoms with Crippen molar-refractivity contribution in [2.24, 2.45) is 0 Å². The Morgan fingerprint density at radius 1 is 1.29 bits per heavy atom. The number of hydrogen-bond acceptors (Lipinski definition) is 5. The first kappa shape index (κ1) is 16.6. The van der Waals surface area contributed by atoms with Gasteiger partial charge in [-0.05, 0) is 43.3 Å². The lowest BCUT2D eigenvalue weighted by Crippen LogP contribution is -2.24. The molecule has 2 aromatic heterocycles. The van der Waals surface area contributed by atoms with E-state index in [9.17, 15) is 4.79 Å². The molecular weight excluding hydrogens is 348 g/mol. The number of hydrogen-bond donors (Lipinski definition) is 2. The van der Waals surface area contributed by atoms with Crippen LogP contribution in [-0.4, -0.2) is 26.8 Å². The fraction of sp³-hybridized carbons (Fsp3) is 0.188. The van der Waals surface area contributed by atoms with Gasteiger partial charge in [-0.1, -0.05) is 23.4 Å². The number of amides is 1. The van der Waals surface area contributed by atoms with Crippen molar-refractivity contribution in [3.05, 3.63) is 53.0 Å². The molecule has 0 atom stereocenters. The topological polar surface area (TPSA) is 83.8 Å². The van der Waals surface area contributed by atoms with Crippen molar-refractivity contribution >= 4 is 29.3 Å². The normalized spacial score (nSPS) is 10.8. The van der Waals surface area contributed by atoms with Gasteiger partial charge in [-0.25, -0.2) is 4.98 Å². The van der Waals surface area contributed by atoms with Crippen LogP contribution in [-0.2, 0) is 11.3 Å².